The van der Waals surface area contributed by atoms with Crippen molar-refractivity contribution >= 4 is 43.2 Å². The van der Waals surface area contributed by atoms with Gasteiger partial charge in [0.1, 0.15) is 16.4 Å². The summed E-state index contributed by atoms with van der Waals surface area (Å²) in [6.45, 7) is 1.84. The summed E-state index contributed by atoms with van der Waals surface area (Å²) in [7, 11) is -3.93. The minimum Gasteiger partial charge on any atom is -0.275 e. The van der Waals surface area contributed by atoms with E-state index in [1.807, 2.05) is 6.92 Å². The smallest absolute Gasteiger partial charge is 0.263 e. The number of sulfonamides is 1. The van der Waals surface area contributed by atoms with Gasteiger partial charge in [-0.15, -0.1) is 0 Å². The van der Waals surface area contributed by atoms with Crippen molar-refractivity contribution in [2.45, 2.75) is 11.8 Å². The minimum atomic E-state index is -3.93. The van der Waals surface area contributed by atoms with E-state index < -0.39 is 15.8 Å². The Kier molecular flexibility index (Phi) is 4.36. The lowest BCUT2D eigenvalue weighted by molar-refractivity contribution is 0.598. The molecular weight excluding hydrogens is 369 g/mol. The predicted octanol–water partition coefficient (Wildman–Crippen LogP) is 4.35. The third-order valence-corrected chi connectivity index (χ3v) is 5.22. The quantitative estimate of drug-likeness (QED) is 0.863. The molecule has 0 unspecified atom stereocenters. The summed E-state index contributed by atoms with van der Waals surface area (Å²) in [6, 6.07) is 8.70. The summed E-state index contributed by atoms with van der Waals surface area (Å²) in [5.74, 6) is -0.732. The van der Waals surface area contributed by atoms with Gasteiger partial charge in [0.05, 0.1) is 5.02 Å². The largest absolute Gasteiger partial charge is 0.275 e. The highest BCUT2D eigenvalue weighted by atomic mass is 79.9. The van der Waals surface area contributed by atoms with Gasteiger partial charge >= 0.3 is 0 Å². The van der Waals surface area contributed by atoms with Crippen LogP contribution in [0.4, 0.5) is 10.1 Å². The van der Waals surface area contributed by atoms with Gasteiger partial charge in [-0.25, -0.2) is 12.8 Å². The molecule has 0 radical (unpaired) electrons. The average Bonchev–Trinajstić information content (AvgIpc) is 2.33. The van der Waals surface area contributed by atoms with Crippen LogP contribution in [0, 0.1) is 12.7 Å². The van der Waals surface area contributed by atoms with Crippen LogP contribution in [0.2, 0.25) is 5.02 Å². The van der Waals surface area contributed by atoms with Crippen molar-refractivity contribution in [2.75, 3.05) is 4.72 Å². The van der Waals surface area contributed by atoms with Crippen molar-refractivity contribution < 1.29 is 12.8 Å². The summed E-state index contributed by atoms with van der Waals surface area (Å²) in [5.41, 5.74) is 0.640. The molecule has 0 bridgehead atoms. The van der Waals surface area contributed by atoms with Crippen LogP contribution in [-0.4, -0.2) is 8.42 Å². The molecule has 0 aliphatic heterocycles. The number of aryl methyl sites for hydroxylation is 1. The molecule has 7 heteroatoms. The number of halogens is 3. The first-order valence-corrected chi connectivity index (χ1v) is 8.19. The Morgan fingerprint density at radius 3 is 2.55 bits per heavy atom. The second kappa shape index (κ2) is 5.71. The molecule has 2 aromatic carbocycles. The van der Waals surface area contributed by atoms with Gasteiger partial charge in [-0.2, -0.15) is 0 Å². The molecule has 1 N–H and O–H groups in total. The van der Waals surface area contributed by atoms with Crippen molar-refractivity contribution in [3.05, 3.63) is 57.3 Å². The first kappa shape index (κ1) is 15.3. The standard InChI is InChI=1S/C13H10BrClFNO2S/c1-8-5-6-12(9(14)7-8)20(18,19)17-13-10(15)3-2-4-11(13)16/h2-7,17H,1H3. The molecule has 0 fully saturated rings. The van der Waals surface area contributed by atoms with Crippen LogP contribution in [0.3, 0.4) is 0 Å². The highest BCUT2D eigenvalue weighted by Crippen LogP contribution is 2.30. The van der Waals surface area contributed by atoms with Crippen molar-refractivity contribution in [3.8, 4) is 0 Å². The second-order valence-electron chi connectivity index (χ2n) is 4.14. The molecule has 106 valence electrons. The van der Waals surface area contributed by atoms with Crippen molar-refractivity contribution in [3.63, 3.8) is 0 Å². The number of hydrogen-bond acceptors (Lipinski definition) is 2. The molecule has 2 aromatic rings. The topological polar surface area (TPSA) is 46.2 Å². The summed E-state index contributed by atoms with van der Waals surface area (Å²) in [6.07, 6.45) is 0. The van der Waals surface area contributed by atoms with E-state index in [-0.39, 0.29) is 15.6 Å². The number of anilines is 1. The van der Waals surface area contributed by atoms with E-state index in [4.69, 9.17) is 11.6 Å². The lowest BCUT2D eigenvalue weighted by Gasteiger charge is -2.12. The zero-order valence-corrected chi connectivity index (χ0v) is 13.5. The monoisotopic (exact) mass is 377 g/mol. The van der Waals surface area contributed by atoms with Crippen LogP contribution in [-0.2, 0) is 10.0 Å². The first-order valence-electron chi connectivity index (χ1n) is 5.54. The number of hydrogen-bond donors (Lipinski definition) is 1. The molecule has 0 amide bonds. The lowest BCUT2D eigenvalue weighted by atomic mass is 10.2. The minimum absolute atomic E-state index is 0.00295. The van der Waals surface area contributed by atoms with Gasteiger partial charge in [-0.3, -0.25) is 4.72 Å². The van der Waals surface area contributed by atoms with E-state index in [9.17, 15) is 12.8 Å². The molecule has 2 rings (SSSR count). The molecule has 0 aromatic heterocycles. The Morgan fingerprint density at radius 2 is 1.95 bits per heavy atom. The van der Waals surface area contributed by atoms with Crippen LogP contribution in [0.25, 0.3) is 0 Å². The van der Waals surface area contributed by atoms with Gasteiger partial charge in [-0.1, -0.05) is 23.7 Å². The number of para-hydroxylation sites is 1. The van der Waals surface area contributed by atoms with Gasteiger partial charge < -0.3 is 0 Å². The average molecular weight is 379 g/mol. The summed E-state index contributed by atoms with van der Waals surface area (Å²) >= 11 is 9.00. The lowest BCUT2D eigenvalue weighted by Crippen LogP contribution is -2.15. The third-order valence-electron chi connectivity index (χ3n) is 2.58. The zero-order valence-electron chi connectivity index (χ0n) is 10.3. The summed E-state index contributed by atoms with van der Waals surface area (Å²) in [5, 5.41) is -0.00295. The Labute approximate surface area is 130 Å². The van der Waals surface area contributed by atoms with E-state index >= 15 is 0 Å². The molecule has 0 aliphatic rings. The van der Waals surface area contributed by atoms with Gasteiger partial charge in [0.25, 0.3) is 10.0 Å². The number of rotatable bonds is 3. The molecule has 0 aliphatic carbocycles. The molecular formula is C13H10BrClFNO2S. The van der Waals surface area contributed by atoms with Crippen LogP contribution in [0.1, 0.15) is 5.56 Å². The first-order chi connectivity index (χ1) is 9.31. The third kappa shape index (κ3) is 3.13. The maximum atomic E-state index is 13.6. The maximum Gasteiger partial charge on any atom is 0.263 e. The van der Waals surface area contributed by atoms with Gasteiger partial charge in [-0.05, 0) is 52.7 Å². The van der Waals surface area contributed by atoms with E-state index in [1.165, 1.54) is 18.2 Å². The number of nitrogens with one attached hydrogen (secondary N) is 1. The Morgan fingerprint density at radius 1 is 1.25 bits per heavy atom. The highest BCUT2D eigenvalue weighted by Gasteiger charge is 2.20. The maximum absolute atomic E-state index is 13.6. The van der Waals surface area contributed by atoms with Crippen molar-refractivity contribution in [1.82, 2.24) is 0 Å². The Hall–Kier alpha value is -1.11. The fourth-order valence-electron chi connectivity index (χ4n) is 1.61. The molecule has 20 heavy (non-hydrogen) atoms. The number of benzene rings is 2. The van der Waals surface area contributed by atoms with Gasteiger partial charge in [0, 0.05) is 4.47 Å². The van der Waals surface area contributed by atoms with Gasteiger partial charge in [0.15, 0.2) is 0 Å². The Balaban J connectivity index is 2.46. The van der Waals surface area contributed by atoms with Crippen LogP contribution in [0.15, 0.2) is 45.8 Å². The second-order valence-corrected chi connectivity index (χ2v) is 7.05. The van der Waals surface area contributed by atoms with Crippen molar-refractivity contribution in [2.24, 2.45) is 0 Å². The normalized spacial score (nSPS) is 11.4. The molecule has 0 saturated carbocycles. The van der Waals surface area contributed by atoms with E-state index in [0.717, 1.165) is 11.6 Å². The molecule has 0 spiro atoms. The highest BCUT2D eigenvalue weighted by molar-refractivity contribution is 9.10. The van der Waals surface area contributed by atoms with Crippen LogP contribution in [0.5, 0.6) is 0 Å². The fraction of sp³-hybridized carbons (Fsp3) is 0.0769. The molecule has 0 atom stereocenters. The van der Waals surface area contributed by atoms with Crippen molar-refractivity contribution in [1.29, 1.82) is 0 Å². The predicted molar refractivity (Wildman–Crippen MR) is 81.1 cm³/mol. The summed E-state index contributed by atoms with van der Waals surface area (Å²) in [4.78, 5) is 0.0161. The van der Waals surface area contributed by atoms with E-state index in [0.29, 0.717) is 4.47 Å². The van der Waals surface area contributed by atoms with Crippen LogP contribution >= 0.6 is 27.5 Å². The SMILES string of the molecule is Cc1ccc(S(=O)(=O)Nc2c(F)cccc2Cl)c(Br)c1. The summed E-state index contributed by atoms with van der Waals surface area (Å²) < 4.78 is 40.7. The van der Waals surface area contributed by atoms with E-state index in [2.05, 4.69) is 20.7 Å². The molecule has 0 heterocycles. The van der Waals surface area contributed by atoms with Crippen LogP contribution < -0.4 is 4.72 Å². The molecule has 0 saturated heterocycles. The molecule has 3 nitrogen and oxygen atoms in total. The fourth-order valence-corrected chi connectivity index (χ4v) is 4.16. The van der Waals surface area contributed by atoms with E-state index in [1.54, 1.807) is 12.1 Å². The zero-order chi connectivity index (χ0) is 14.9. The Bertz CT molecular complexity index is 745. The van der Waals surface area contributed by atoms with Gasteiger partial charge in [0.2, 0.25) is 0 Å².